The lowest BCUT2D eigenvalue weighted by Gasteiger charge is -2.30. The van der Waals surface area contributed by atoms with E-state index in [0.717, 1.165) is 10.6 Å². The number of hydrogen-bond acceptors (Lipinski definition) is 4. The molecular formula is C19H23ClN2O4S. The molecule has 6 nitrogen and oxygen atoms in total. The normalized spacial score (nSPS) is 12.3. The first-order chi connectivity index (χ1) is 12.8. The van der Waals surface area contributed by atoms with E-state index < -0.39 is 22.0 Å². The predicted molar refractivity (Wildman–Crippen MR) is 109 cm³/mol. The molecule has 2 aromatic carbocycles. The number of hydrogen-bond donors (Lipinski definition) is 1. The second kappa shape index (κ2) is 9.10. The van der Waals surface area contributed by atoms with Gasteiger partial charge in [0.1, 0.15) is 11.8 Å². The van der Waals surface area contributed by atoms with Crippen LogP contribution in [-0.2, 0) is 14.8 Å². The molecule has 2 aromatic rings. The summed E-state index contributed by atoms with van der Waals surface area (Å²) >= 11 is 6.01. The van der Waals surface area contributed by atoms with Gasteiger partial charge in [0.15, 0.2) is 0 Å². The van der Waals surface area contributed by atoms with Gasteiger partial charge >= 0.3 is 0 Å². The van der Waals surface area contributed by atoms with Crippen LogP contribution in [0, 0.1) is 0 Å². The monoisotopic (exact) mass is 410 g/mol. The zero-order valence-corrected chi connectivity index (χ0v) is 17.0. The lowest BCUT2D eigenvalue weighted by Crippen LogP contribution is -2.47. The Morgan fingerprint density at radius 2 is 1.89 bits per heavy atom. The molecule has 27 heavy (non-hydrogen) atoms. The summed E-state index contributed by atoms with van der Waals surface area (Å²) in [6.45, 7) is 4.04. The van der Waals surface area contributed by atoms with E-state index in [1.165, 1.54) is 6.07 Å². The first-order valence-corrected chi connectivity index (χ1v) is 10.8. The molecule has 0 unspecified atom stereocenters. The molecule has 0 saturated carbocycles. The molecule has 0 spiro atoms. The molecule has 0 saturated heterocycles. The number of carbonyl (C=O) groups is 1. The highest BCUT2D eigenvalue weighted by molar-refractivity contribution is 7.92. The quantitative estimate of drug-likeness (QED) is 0.715. The van der Waals surface area contributed by atoms with Crippen molar-refractivity contribution < 1.29 is 17.9 Å². The Labute approximate surface area is 165 Å². The Morgan fingerprint density at radius 3 is 2.48 bits per heavy atom. The largest absolute Gasteiger partial charge is 0.492 e. The number of para-hydroxylation sites is 2. The minimum atomic E-state index is -3.72. The smallest absolute Gasteiger partial charge is 0.248 e. The van der Waals surface area contributed by atoms with E-state index in [4.69, 9.17) is 16.3 Å². The van der Waals surface area contributed by atoms with Gasteiger partial charge in [0.2, 0.25) is 15.9 Å². The van der Waals surface area contributed by atoms with Crippen molar-refractivity contribution >= 4 is 38.9 Å². The van der Waals surface area contributed by atoms with E-state index in [1.807, 2.05) is 6.92 Å². The summed E-state index contributed by atoms with van der Waals surface area (Å²) < 4.78 is 31.5. The van der Waals surface area contributed by atoms with Crippen LogP contribution in [0.5, 0.6) is 5.75 Å². The standard InChI is InChI=1S/C19H23ClN2O4S/c1-4-17(19(23)21-16-11-6-7-12-18(16)26-5-2)22(27(3,24)25)15-10-8-9-14(20)13-15/h6-13,17H,4-5H2,1-3H3,(H,21,23)/t17-/m0/s1. The van der Waals surface area contributed by atoms with Gasteiger partial charge in [-0.05, 0) is 43.7 Å². The van der Waals surface area contributed by atoms with Crippen molar-refractivity contribution in [2.24, 2.45) is 0 Å². The highest BCUT2D eigenvalue weighted by atomic mass is 35.5. The molecule has 0 heterocycles. The Hall–Kier alpha value is -2.25. The maximum absolute atomic E-state index is 12.9. The van der Waals surface area contributed by atoms with Crippen molar-refractivity contribution in [2.45, 2.75) is 26.3 Å². The first kappa shape index (κ1) is 21.1. The number of nitrogens with one attached hydrogen (secondary N) is 1. The van der Waals surface area contributed by atoms with E-state index in [-0.39, 0.29) is 6.42 Å². The van der Waals surface area contributed by atoms with Crippen LogP contribution in [0.2, 0.25) is 5.02 Å². The molecule has 0 aliphatic heterocycles. The van der Waals surface area contributed by atoms with E-state index in [9.17, 15) is 13.2 Å². The van der Waals surface area contributed by atoms with E-state index in [0.29, 0.717) is 28.8 Å². The SMILES string of the molecule is CCOc1ccccc1NC(=O)[C@H](CC)N(c1cccc(Cl)c1)S(C)(=O)=O. The van der Waals surface area contributed by atoms with Gasteiger partial charge in [0.25, 0.3) is 0 Å². The summed E-state index contributed by atoms with van der Waals surface area (Å²) in [4.78, 5) is 12.9. The predicted octanol–water partition coefficient (Wildman–Crippen LogP) is 3.92. The number of anilines is 2. The number of benzene rings is 2. The summed E-state index contributed by atoms with van der Waals surface area (Å²) in [6, 6.07) is 12.5. The van der Waals surface area contributed by atoms with Crippen LogP contribution >= 0.6 is 11.6 Å². The van der Waals surface area contributed by atoms with Gasteiger partial charge in [-0.15, -0.1) is 0 Å². The third-order valence-electron chi connectivity index (χ3n) is 3.84. The fourth-order valence-electron chi connectivity index (χ4n) is 2.74. The lowest BCUT2D eigenvalue weighted by molar-refractivity contribution is -0.117. The first-order valence-electron chi connectivity index (χ1n) is 8.55. The van der Waals surface area contributed by atoms with Crippen molar-refractivity contribution in [2.75, 3.05) is 22.5 Å². The third kappa shape index (κ3) is 5.37. The van der Waals surface area contributed by atoms with Crippen molar-refractivity contribution in [3.05, 3.63) is 53.6 Å². The van der Waals surface area contributed by atoms with Crippen molar-refractivity contribution in [1.29, 1.82) is 0 Å². The van der Waals surface area contributed by atoms with Gasteiger partial charge < -0.3 is 10.1 Å². The van der Waals surface area contributed by atoms with Gasteiger partial charge in [-0.3, -0.25) is 9.10 Å². The average molecular weight is 411 g/mol. The van der Waals surface area contributed by atoms with Crippen LogP contribution < -0.4 is 14.4 Å². The second-order valence-electron chi connectivity index (χ2n) is 5.88. The molecule has 2 rings (SSSR count). The zero-order chi connectivity index (χ0) is 20.0. The molecule has 0 bridgehead atoms. The summed E-state index contributed by atoms with van der Waals surface area (Å²) in [7, 11) is -3.72. The molecule has 0 aromatic heterocycles. The van der Waals surface area contributed by atoms with Crippen molar-refractivity contribution in [1.82, 2.24) is 0 Å². The second-order valence-corrected chi connectivity index (χ2v) is 8.18. The van der Waals surface area contributed by atoms with Gasteiger partial charge in [-0.25, -0.2) is 8.42 Å². The number of ether oxygens (including phenoxy) is 1. The van der Waals surface area contributed by atoms with E-state index in [1.54, 1.807) is 49.4 Å². The Kier molecular flexibility index (Phi) is 7.10. The number of halogens is 1. The van der Waals surface area contributed by atoms with Crippen LogP contribution in [-0.4, -0.2) is 33.2 Å². The Balaban J connectivity index is 2.38. The van der Waals surface area contributed by atoms with Gasteiger partial charge in [-0.2, -0.15) is 0 Å². The lowest BCUT2D eigenvalue weighted by atomic mass is 10.1. The topological polar surface area (TPSA) is 75.7 Å². The summed E-state index contributed by atoms with van der Waals surface area (Å²) in [5, 5.41) is 3.17. The third-order valence-corrected chi connectivity index (χ3v) is 5.25. The number of amides is 1. The highest BCUT2D eigenvalue weighted by Crippen LogP contribution is 2.28. The number of sulfonamides is 1. The summed E-state index contributed by atoms with van der Waals surface area (Å²) in [5.41, 5.74) is 0.826. The van der Waals surface area contributed by atoms with Gasteiger partial charge in [-0.1, -0.05) is 36.7 Å². The van der Waals surface area contributed by atoms with Crippen molar-refractivity contribution in [3.8, 4) is 5.75 Å². The maximum atomic E-state index is 12.9. The Morgan fingerprint density at radius 1 is 1.19 bits per heavy atom. The Bertz CT molecular complexity index is 902. The fourth-order valence-corrected chi connectivity index (χ4v) is 4.13. The number of carbonyl (C=O) groups excluding carboxylic acids is 1. The number of nitrogens with zero attached hydrogens (tertiary/aromatic N) is 1. The molecule has 1 atom stereocenters. The fraction of sp³-hybridized carbons (Fsp3) is 0.316. The molecule has 1 amide bonds. The van der Waals surface area contributed by atoms with Crippen LogP contribution in [0.4, 0.5) is 11.4 Å². The van der Waals surface area contributed by atoms with Crippen LogP contribution in [0.1, 0.15) is 20.3 Å². The molecule has 0 radical (unpaired) electrons. The molecule has 0 aliphatic carbocycles. The van der Waals surface area contributed by atoms with Gasteiger partial charge in [0, 0.05) is 5.02 Å². The summed E-state index contributed by atoms with van der Waals surface area (Å²) in [5.74, 6) is 0.0758. The van der Waals surface area contributed by atoms with Crippen LogP contribution in [0.15, 0.2) is 48.5 Å². The summed E-state index contributed by atoms with van der Waals surface area (Å²) in [6.07, 6.45) is 1.35. The molecule has 146 valence electrons. The highest BCUT2D eigenvalue weighted by Gasteiger charge is 2.32. The van der Waals surface area contributed by atoms with E-state index >= 15 is 0 Å². The minimum Gasteiger partial charge on any atom is -0.492 e. The van der Waals surface area contributed by atoms with Crippen LogP contribution in [0.3, 0.4) is 0 Å². The van der Waals surface area contributed by atoms with Crippen molar-refractivity contribution in [3.63, 3.8) is 0 Å². The van der Waals surface area contributed by atoms with E-state index in [2.05, 4.69) is 5.32 Å². The average Bonchev–Trinajstić information content (AvgIpc) is 2.60. The maximum Gasteiger partial charge on any atom is 0.248 e. The molecule has 0 aliphatic rings. The zero-order valence-electron chi connectivity index (χ0n) is 15.5. The minimum absolute atomic E-state index is 0.280. The molecule has 0 fully saturated rings. The molecule has 8 heteroatoms. The van der Waals surface area contributed by atoms with Crippen LogP contribution in [0.25, 0.3) is 0 Å². The molecule has 1 N–H and O–H groups in total. The van der Waals surface area contributed by atoms with Gasteiger partial charge in [0.05, 0.1) is 24.2 Å². The number of rotatable bonds is 8. The molecular weight excluding hydrogens is 388 g/mol.